The van der Waals surface area contributed by atoms with Crippen LogP contribution in [0.25, 0.3) is 0 Å². The number of halogens is 6. The number of rotatable bonds is 6. The van der Waals surface area contributed by atoms with Crippen molar-refractivity contribution in [3.05, 3.63) is 0 Å². The van der Waals surface area contributed by atoms with E-state index in [4.69, 9.17) is 9.47 Å². The highest BCUT2D eigenvalue weighted by Gasteiger charge is 2.75. The molecule has 4 aliphatic carbocycles. The molecule has 5 rings (SSSR count). The van der Waals surface area contributed by atoms with Crippen LogP contribution in [0.1, 0.15) is 85.0 Å². The Labute approximate surface area is 221 Å². The summed E-state index contributed by atoms with van der Waals surface area (Å²) in [7, 11) is 1.42. The maximum absolute atomic E-state index is 14.0. The fourth-order valence-electron chi connectivity index (χ4n) is 8.33. The Balaban J connectivity index is 0.000000323. The zero-order chi connectivity index (χ0) is 28.1. The summed E-state index contributed by atoms with van der Waals surface area (Å²) in [4.78, 5) is 10.8. The SMILES string of the molecule is CCC(C)(C)C(=O)OC.FC(F)(F)C(CC1CC2CC1C1C3CCC(C3)C21)(OC1CCCCO1)C(F)(F)F. The first kappa shape index (κ1) is 29.9. The van der Waals surface area contributed by atoms with Gasteiger partial charge in [0.1, 0.15) is 0 Å². The average molecular weight is 557 g/mol. The summed E-state index contributed by atoms with van der Waals surface area (Å²) in [6.45, 7) is 5.85. The van der Waals surface area contributed by atoms with Crippen LogP contribution in [-0.4, -0.2) is 43.9 Å². The minimum atomic E-state index is -5.53. The lowest BCUT2D eigenvalue weighted by molar-refractivity contribution is -0.416. The summed E-state index contributed by atoms with van der Waals surface area (Å²) >= 11 is 0. The normalized spacial score (nSPS) is 36.6. The molecule has 4 nitrogen and oxygen atoms in total. The average Bonchev–Trinajstić information content (AvgIpc) is 3.63. The lowest BCUT2D eigenvalue weighted by Gasteiger charge is -2.45. The van der Waals surface area contributed by atoms with Crippen LogP contribution in [0.4, 0.5) is 26.3 Å². The zero-order valence-corrected chi connectivity index (χ0v) is 22.8. The van der Waals surface area contributed by atoms with Gasteiger partial charge in [0.05, 0.1) is 12.5 Å². The van der Waals surface area contributed by atoms with E-state index in [1.807, 2.05) is 20.8 Å². The molecule has 1 saturated heterocycles. The molecule has 0 aromatic heterocycles. The molecule has 0 spiro atoms. The highest BCUT2D eigenvalue weighted by Crippen LogP contribution is 2.70. The standard InChI is InChI=1S/C21H28F6O2.C7H14O2/c22-20(23,24)19(21(25,26)27,29-16-3-1-2-6-28-16)10-14-8-13-9-15(14)18-12-5-4-11(7-12)17(13)18;1-5-7(2,3)6(8)9-4/h11-18H,1-10H2;5H2,1-4H3. The topological polar surface area (TPSA) is 44.8 Å². The Morgan fingerprint density at radius 2 is 1.50 bits per heavy atom. The Morgan fingerprint density at radius 3 is 2.00 bits per heavy atom. The number of esters is 1. The van der Waals surface area contributed by atoms with E-state index in [-0.39, 0.29) is 30.3 Å². The van der Waals surface area contributed by atoms with E-state index in [1.54, 1.807) is 0 Å². The van der Waals surface area contributed by atoms with E-state index >= 15 is 0 Å². The van der Waals surface area contributed by atoms with Crippen LogP contribution in [0.3, 0.4) is 0 Å². The molecule has 8 unspecified atom stereocenters. The molecule has 4 bridgehead atoms. The van der Waals surface area contributed by atoms with Crippen molar-refractivity contribution in [1.29, 1.82) is 0 Å². The summed E-state index contributed by atoms with van der Waals surface area (Å²) in [5.41, 5.74) is -4.45. The number of fused-ring (bicyclic) bond motifs is 9. The van der Waals surface area contributed by atoms with Crippen molar-refractivity contribution in [2.75, 3.05) is 13.7 Å². The first-order valence-corrected chi connectivity index (χ1v) is 14.2. The largest absolute Gasteiger partial charge is 0.469 e. The van der Waals surface area contributed by atoms with Crippen molar-refractivity contribution in [3.8, 4) is 0 Å². The smallest absolute Gasteiger partial charge is 0.426 e. The van der Waals surface area contributed by atoms with Gasteiger partial charge in [0.15, 0.2) is 6.29 Å². The fourth-order valence-corrected chi connectivity index (χ4v) is 8.33. The molecule has 0 aromatic rings. The molecule has 38 heavy (non-hydrogen) atoms. The number of hydrogen-bond acceptors (Lipinski definition) is 4. The maximum atomic E-state index is 14.0. The Hall–Kier alpha value is -1.03. The van der Waals surface area contributed by atoms with Gasteiger partial charge >= 0.3 is 18.3 Å². The van der Waals surface area contributed by atoms with Crippen LogP contribution < -0.4 is 0 Å². The van der Waals surface area contributed by atoms with Crippen molar-refractivity contribution in [2.24, 2.45) is 46.8 Å². The fraction of sp³-hybridized carbons (Fsp3) is 0.964. The van der Waals surface area contributed by atoms with Crippen LogP contribution >= 0.6 is 0 Å². The first-order chi connectivity index (χ1) is 17.6. The quantitative estimate of drug-likeness (QED) is 0.191. The molecule has 1 aliphatic heterocycles. The molecule has 1 heterocycles. The molecule has 10 heteroatoms. The number of hydrogen-bond donors (Lipinski definition) is 0. The Morgan fingerprint density at radius 1 is 0.868 bits per heavy atom. The summed E-state index contributed by atoms with van der Waals surface area (Å²) < 4.78 is 98.8. The number of alkyl halides is 6. The Kier molecular flexibility index (Phi) is 8.47. The lowest BCUT2D eigenvalue weighted by Crippen LogP contribution is -2.62. The number of methoxy groups -OCH3 is 1. The van der Waals surface area contributed by atoms with Gasteiger partial charge < -0.3 is 14.2 Å². The summed E-state index contributed by atoms with van der Waals surface area (Å²) in [5.74, 6) is 1.62. The molecule has 0 aromatic carbocycles. The molecule has 0 radical (unpaired) electrons. The second-order valence-corrected chi connectivity index (χ2v) is 12.8. The van der Waals surface area contributed by atoms with E-state index in [2.05, 4.69) is 4.74 Å². The van der Waals surface area contributed by atoms with E-state index < -0.39 is 36.6 Å². The molecular weight excluding hydrogens is 514 g/mol. The predicted molar refractivity (Wildman–Crippen MR) is 128 cm³/mol. The van der Waals surface area contributed by atoms with E-state index in [0.29, 0.717) is 48.9 Å². The molecule has 220 valence electrons. The van der Waals surface area contributed by atoms with Gasteiger partial charge in [0.2, 0.25) is 0 Å². The van der Waals surface area contributed by atoms with Crippen LogP contribution in [0.15, 0.2) is 0 Å². The molecule has 5 fully saturated rings. The second kappa shape index (κ2) is 10.7. The van der Waals surface area contributed by atoms with Crippen molar-refractivity contribution in [1.82, 2.24) is 0 Å². The minimum absolute atomic E-state index is 0.0137. The van der Waals surface area contributed by atoms with Crippen molar-refractivity contribution in [3.63, 3.8) is 0 Å². The molecular formula is C28H42F6O4. The van der Waals surface area contributed by atoms with Crippen LogP contribution in [-0.2, 0) is 19.0 Å². The van der Waals surface area contributed by atoms with Gasteiger partial charge in [-0.3, -0.25) is 4.79 Å². The lowest BCUT2D eigenvalue weighted by atomic mass is 9.65. The second-order valence-electron chi connectivity index (χ2n) is 12.8. The monoisotopic (exact) mass is 556 g/mol. The molecule has 8 atom stereocenters. The van der Waals surface area contributed by atoms with Gasteiger partial charge in [-0.25, -0.2) is 0 Å². The summed E-state index contributed by atoms with van der Waals surface area (Å²) in [5, 5.41) is 0. The van der Waals surface area contributed by atoms with Gasteiger partial charge in [-0.1, -0.05) is 6.92 Å². The highest BCUT2D eigenvalue weighted by atomic mass is 19.4. The third-order valence-corrected chi connectivity index (χ3v) is 10.4. The van der Waals surface area contributed by atoms with Crippen molar-refractivity contribution >= 4 is 5.97 Å². The van der Waals surface area contributed by atoms with Gasteiger partial charge in [-0.05, 0) is 119 Å². The molecule has 0 N–H and O–H groups in total. The van der Waals surface area contributed by atoms with E-state index in [0.717, 1.165) is 25.7 Å². The minimum Gasteiger partial charge on any atom is -0.469 e. The van der Waals surface area contributed by atoms with Crippen molar-refractivity contribution < 1.29 is 45.3 Å². The first-order valence-electron chi connectivity index (χ1n) is 14.2. The number of carbonyl (C=O) groups is 1. The number of ether oxygens (including phenoxy) is 3. The zero-order valence-electron chi connectivity index (χ0n) is 22.8. The third kappa shape index (κ3) is 5.34. The van der Waals surface area contributed by atoms with Gasteiger partial charge in [0.25, 0.3) is 5.60 Å². The van der Waals surface area contributed by atoms with Crippen LogP contribution in [0.5, 0.6) is 0 Å². The third-order valence-electron chi connectivity index (χ3n) is 10.4. The summed E-state index contributed by atoms with van der Waals surface area (Å²) in [6, 6.07) is 0. The molecule has 0 amide bonds. The van der Waals surface area contributed by atoms with E-state index in [9.17, 15) is 31.1 Å². The number of carbonyl (C=O) groups excluding carboxylic acids is 1. The van der Waals surface area contributed by atoms with E-state index in [1.165, 1.54) is 13.5 Å². The highest BCUT2D eigenvalue weighted by molar-refractivity contribution is 5.75. The van der Waals surface area contributed by atoms with Gasteiger partial charge in [-0.15, -0.1) is 0 Å². The molecule has 5 aliphatic rings. The van der Waals surface area contributed by atoms with Crippen LogP contribution in [0.2, 0.25) is 0 Å². The van der Waals surface area contributed by atoms with Gasteiger partial charge in [-0.2, -0.15) is 26.3 Å². The van der Waals surface area contributed by atoms with Gasteiger partial charge in [0, 0.05) is 6.61 Å². The maximum Gasteiger partial charge on any atom is 0.426 e. The summed E-state index contributed by atoms with van der Waals surface area (Å²) in [6.07, 6.45) is -6.78. The Bertz CT molecular complexity index is 820. The predicted octanol–water partition coefficient (Wildman–Crippen LogP) is 7.70. The van der Waals surface area contributed by atoms with Crippen LogP contribution in [0, 0.1) is 46.8 Å². The van der Waals surface area contributed by atoms with Crippen molar-refractivity contribution in [2.45, 2.75) is 109 Å². The molecule has 4 saturated carbocycles.